The molecule has 4 amide bonds. The van der Waals surface area contributed by atoms with Crippen molar-refractivity contribution < 1.29 is 19.1 Å². The first-order valence-corrected chi connectivity index (χ1v) is 10.5. The summed E-state index contributed by atoms with van der Waals surface area (Å²) in [6, 6.07) is 16.0. The number of hydrogen-bond donors (Lipinski definition) is 1. The van der Waals surface area contributed by atoms with Crippen LogP contribution in [0.25, 0.3) is 16.8 Å². The van der Waals surface area contributed by atoms with Crippen LogP contribution in [0.3, 0.4) is 0 Å². The summed E-state index contributed by atoms with van der Waals surface area (Å²) in [5.74, 6) is -0.820. The minimum atomic E-state index is -0.763. The minimum absolute atomic E-state index is 0.125. The Kier molecular flexibility index (Phi) is 5.77. The van der Waals surface area contributed by atoms with Crippen molar-refractivity contribution in [2.45, 2.75) is 27.2 Å². The fraction of sp³-hybridized carbons (Fsp3) is 0.192. The molecule has 4 rings (SSSR count). The molecule has 0 radical (unpaired) electrons. The van der Waals surface area contributed by atoms with Gasteiger partial charge >= 0.3 is 6.03 Å². The number of fused-ring (bicyclic) bond motifs is 1. The largest absolute Gasteiger partial charge is 0.493 e. The van der Waals surface area contributed by atoms with Crippen molar-refractivity contribution in [3.05, 3.63) is 76.9 Å². The van der Waals surface area contributed by atoms with Gasteiger partial charge in [0.25, 0.3) is 11.8 Å². The monoisotopic (exact) mass is 428 g/mol. The van der Waals surface area contributed by atoms with E-state index in [1.807, 2.05) is 63.2 Å². The molecule has 1 aliphatic rings. The zero-order chi connectivity index (χ0) is 22.8. The number of carbonyl (C=O) groups is 3. The third-order valence-electron chi connectivity index (χ3n) is 5.53. The molecule has 3 aromatic rings. The van der Waals surface area contributed by atoms with Crippen LogP contribution >= 0.6 is 0 Å². The van der Waals surface area contributed by atoms with Crippen molar-refractivity contribution in [1.82, 2.24) is 5.32 Å². The number of amides is 4. The second-order valence-corrected chi connectivity index (χ2v) is 7.77. The molecule has 3 aromatic carbocycles. The zero-order valence-electron chi connectivity index (χ0n) is 18.3. The van der Waals surface area contributed by atoms with E-state index in [4.69, 9.17) is 4.74 Å². The van der Waals surface area contributed by atoms with Gasteiger partial charge in [-0.25, -0.2) is 9.69 Å². The summed E-state index contributed by atoms with van der Waals surface area (Å²) in [7, 11) is 0. The molecule has 6 nitrogen and oxygen atoms in total. The summed E-state index contributed by atoms with van der Waals surface area (Å²) in [5.41, 5.74) is 2.90. The lowest BCUT2D eigenvalue weighted by Gasteiger charge is -2.27. The molecule has 0 atom stereocenters. The molecule has 1 fully saturated rings. The Balaban J connectivity index is 1.84. The third-order valence-corrected chi connectivity index (χ3v) is 5.53. The number of ether oxygens (including phenoxy) is 1. The average Bonchev–Trinajstić information content (AvgIpc) is 2.77. The number of carbonyl (C=O) groups excluding carboxylic acids is 3. The molecule has 1 heterocycles. The quantitative estimate of drug-likeness (QED) is 0.463. The van der Waals surface area contributed by atoms with E-state index >= 15 is 0 Å². The molecule has 0 spiro atoms. The summed E-state index contributed by atoms with van der Waals surface area (Å²) in [4.78, 5) is 39.6. The Morgan fingerprint density at radius 3 is 2.50 bits per heavy atom. The van der Waals surface area contributed by atoms with Crippen molar-refractivity contribution in [1.29, 1.82) is 0 Å². The van der Waals surface area contributed by atoms with E-state index in [1.54, 1.807) is 12.1 Å². The molecule has 0 aromatic heterocycles. The maximum atomic E-state index is 13.3. The van der Waals surface area contributed by atoms with Crippen LogP contribution in [-0.4, -0.2) is 24.5 Å². The summed E-state index contributed by atoms with van der Waals surface area (Å²) in [6.07, 6.45) is 2.34. The first-order valence-electron chi connectivity index (χ1n) is 10.5. The first kappa shape index (κ1) is 21.3. The number of urea groups is 1. The molecule has 0 bridgehead atoms. The Bertz CT molecular complexity index is 1280. The van der Waals surface area contributed by atoms with Crippen LogP contribution in [0.2, 0.25) is 0 Å². The topological polar surface area (TPSA) is 75.7 Å². The summed E-state index contributed by atoms with van der Waals surface area (Å²) < 4.78 is 5.90. The molecule has 0 aliphatic carbocycles. The zero-order valence-corrected chi connectivity index (χ0v) is 18.3. The lowest BCUT2D eigenvalue weighted by molar-refractivity contribution is -0.122. The van der Waals surface area contributed by atoms with Crippen molar-refractivity contribution in [2.75, 3.05) is 11.5 Å². The average molecular weight is 428 g/mol. The highest BCUT2D eigenvalue weighted by molar-refractivity contribution is 6.39. The van der Waals surface area contributed by atoms with E-state index in [0.717, 1.165) is 33.2 Å². The van der Waals surface area contributed by atoms with Crippen molar-refractivity contribution in [3.8, 4) is 5.75 Å². The molecule has 0 unspecified atom stereocenters. The smallest absolute Gasteiger partial charge is 0.335 e. The summed E-state index contributed by atoms with van der Waals surface area (Å²) in [6.45, 7) is 6.36. The maximum Gasteiger partial charge on any atom is 0.335 e. The molecule has 0 saturated carbocycles. The van der Waals surface area contributed by atoms with Crippen molar-refractivity contribution in [3.63, 3.8) is 0 Å². The third kappa shape index (κ3) is 3.87. The number of aryl methyl sites for hydroxylation is 2. The first-order chi connectivity index (χ1) is 15.4. The predicted octanol–water partition coefficient (Wildman–Crippen LogP) is 4.91. The van der Waals surface area contributed by atoms with Crippen LogP contribution in [0.1, 0.15) is 30.0 Å². The van der Waals surface area contributed by atoms with Gasteiger partial charge in [-0.05, 0) is 66.4 Å². The van der Waals surface area contributed by atoms with Gasteiger partial charge in [-0.2, -0.15) is 0 Å². The Morgan fingerprint density at radius 1 is 0.969 bits per heavy atom. The standard InChI is InChI=1S/C26H24N2O4/c1-4-13-32-23-12-10-18-7-5-6-8-20(18)21(23)15-22-24(29)27-26(31)28(25(22)30)19-11-9-16(2)17(3)14-19/h5-12,14-15H,4,13H2,1-3H3,(H,27,29,31)/b22-15+. The van der Waals surface area contributed by atoms with E-state index < -0.39 is 17.8 Å². The highest BCUT2D eigenvalue weighted by Gasteiger charge is 2.37. The minimum Gasteiger partial charge on any atom is -0.493 e. The highest BCUT2D eigenvalue weighted by Crippen LogP contribution is 2.32. The second kappa shape index (κ2) is 8.67. The molecule has 162 valence electrons. The van der Waals surface area contributed by atoms with Gasteiger partial charge in [-0.1, -0.05) is 43.3 Å². The predicted molar refractivity (Wildman–Crippen MR) is 125 cm³/mol. The maximum absolute atomic E-state index is 13.3. The van der Waals surface area contributed by atoms with E-state index in [9.17, 15) is 14.4 Å². The van der Waals surface area contributed by atoms with Crippen LogP contribution in [0, 0.1) is 13.8 Å². The lowest BCUT2D eigenvalue weighted by atomic mass is 9.99. The lowest BCUT2D eigenvalue weighted by Crippen LogP contribution is -2.54. The second-order valence-electron chi connectivity index (χ2n) is 7.77. The van der Waals surface area contributed by atoms with Crippen LogP contribution < -0.4 is 15.0 Å². The van der Waals surface area contributed by atoms with Crippen molar-refractivity contribution >= 4 is 40.4 Å². The van der Waals surface area contributed by atoms with Gasteiger partial charge in [0.05, 0.1) is 12.3 Å². The van der Waals surface area contributed by atoms with Gasteiger partial charge in [0.1, 0.15) is 11.3 Å². The molecule has 1 aliphatic heterocycles. The Labute approximate surface area is 186 Å². The number of hydrogen-bond acceptors (Lipinski definition) is 4. The number of nitrogens with one attached hydrogen (secondary N) is 1. The molecule has 1 N–H and O–H groups in total. The molecule has 1 saturated heterocycles. The van der Waals surface area contributed by atoms with E-state index in [2.05, 4.69) is 5.32 Å². The number of benzene rings is 3. The van der Waals surface area contributed by atoms with Crippen LogP contribution in [0.4, 0.5) is 10.5 Å². The van der Waals surface area contributed by atoms with Crippen LogP contribution in [0.15, 0.2) is 60.2 Å². The number of imide groups is 2. The summed E-state index contributed by atoms with van der Waals surface area (Å²) in [5, 5.41) is 4.10. The molecular weight excluding hydrogens is 404 g/mol. The Hall–Kier alpha value is -3.93. The Morgan fingerprint density at radius 2 is 1.75 bits per heavy atom. The van der Waals surface area contributed by atoms with Gasteiger partial charge in [0.2, 0.25) is 0 Å². The number of rotatable bonds is 5. The molecule has 6 heteroatoms. The fourth-order valence-electron chi connectivity index (χ4n) is 3.66. The van der Waals surface area contributed by atoms with E-state index in [0.29, 0.717) is 23.6 Å². The SMILES string of the molecule is CCCOc1ccc2ccccc2c1/C=C1\C(=O)NC(=O)N(c2ccc(C)c(C)c2)C1=O. The van der Waals surface area contributed by atoms with Gasteiger partial charge < -0.3 is 4.74 Å². The van der Waals surface area contributed by atoms with Gasteiger partial charge in [-0.15, -0.1) is 0 Å². The summed E-state index contributed by atoms with van der Waals surface area (Å²) >= 11 is 0. The molecular formula is C26H24N2O4. The van der Waals surface area contributed by atoms with Gasteiger partial charge in [-0.3, -0.25) is 14.9 Å². The normalized spacial score (nSPS) is 15.4. The molecule has 32 heavy (non-hydrogen) atoms. The fourth-order valence-corrected chi connectivity index (χ4v) is 3.66. The number of anilines is 1. The number of nitrogens with zero attached hydrogens (tertiary/aromatic N) is 1. The van der Waals surface area contributed by atoms with Crippen LogP contribution in [-0.2, 0) is 9.59 Å². The van der Waals surface area contributed by atoms with Gasteiger partial charge in [0, 0.05) is 5.56 Å². The van der Waals surface area contributed by atoms with Crippen molar-refractivity contribution in [2.24, 2.45) is 0 Å². The van der Waals surface area contributed by atoms with E-state index in [-0.39, 0.29) is 5.57 Å². The van der Waals surface area contributed by atoms with Gasteiger partial charge in [0.15, 0.2) is 0 Å². The van der Waals surface area contributed by atoms with Crippen LogP contribution in [0.5, 0.6) is 5.75 Å². The number of barbiturate groups is 1. The van der Waals surface area contributed by atoms with E-state index in [1.165, 1.54) is 6.08 Å². The highest BCUT2D eigenvalue weighted by atomic mass is 16.5.